The zero-order valence-electron chi connectivity index (χ0n) is 15.6. The van der Waals surface area contributed by atoms with Crippen LogP contribution in [-0.2, 0) is 7.05 Å². The van der Waals surface area contributed by atoms with E-state index < -0.39 is 0 Å². The number of hydrogen-bond donors (Lipinski definition) is 1. The maximum Gasteiger partial charge on any atom is 0.317 e. The molecule has 6 nitrogen and oxygen atoms in total. The summed E-state index contributed by atoms with van der Waals surface area (Å²) in [6.45, 7) is 10.9. The van der Waals surface area contributed by atoms with Gasteiger partial charge in [0.05, 0.1) is 0 Å². The predicted molar refractivity (Wildman–Crippen MR) is 99.5 cm³/mol. The Bertz CT molecular complexity index is 613. The average Bonchev–Trinajstić information content (AvgIpc) is 3.03. The minimum atomic E-state index is -0.0438. The second-order valence-electron chi connectivity index (χ2n) is 7.43. The van der Waals surface area contributed by atoms with Crippen LogP contribution < -0.4 is 5.32 Å². The van der Waals surface area contributed by atoms with Crippen molar-refractivity contribution < 1.29 is 9.59 Å². The van der Waals surface area contributed by atoms with Gasteiger partial charge in [-0.2, -0.15) is 0 Å². The highest BCUT2D eigenvalue weighted by molar-refractivity contribution is 5.93. The van der Waals surface area contributed by atoms with Crippen LogP contribution in [0.25, 0.3) is 0 Å². The van der Waals surface area contributed by atoms with Gasteiger partial charge in [-0.15, -0.1) is 6.58 Å². The van der Waals surface area contributed by atoms with E-state index in [0.717, 1.165) is 12.8 Å². The molecule has 0 atom stereocenters. The third kappa shape index (κ3) is 5.11. The van der Waals surface area contributed by atoms with Crippen molar-refractivity contribution in [1.29, 1.82) is 0 Å². The number of aryl methyl sites for hydroxylation is 1. The Labute approximate surface area is 150 Å². The summed E-state index contributed by atoms with van der Waals surface area (Å²) in [5.74, 6) is 0.0260. The van der Waals surface area contributed by atoms with Crippen molar-refractivity contribution in [2.75, 3.05) is 32.7 Å². The fourth-order valence-corrected chi connectivity index (χ4v) is 2.97. The van der Waals surface area contributed by atoms with Crippen LogP contribution in [0.2, 0.25) is 0 Å². The molecule has 0 aliphatic carbocycles. The quantitative estimate of drug-likeness (QED) is 0.805. The standard InChI is InChI=1S/C19H30N4O2/c1-5-6-9-19(2,3)15-20-18(25)23-13-11-22(12-14-23)17(24)16-8-7-10-21(16)4/h5,7-8,10H,1,6,9,11-15H2,2-4H3,(H,20,25). The van der Waals surface area contributed by atoms with Crippen LogP contribution in [0.15, 0.2) is 31.0 Å². The number of urea groups is 1. The highest BCUT2D eigenvalue weighted by atomic mass is 16.2. The molecule has 0 bridgehead atoms. The SMILES string of the molecule is C=CCCC(C)(C)CNC(=O)N1CCN(C(=O)c2cccn2C)CC1. The molecule has 1 aromatic rings. The largest absolute Gasteiger partial charge is 0.347 e. The van der Waals surface area contributed by atoms with Crippen molar-refractivity contribution in [2.24, 2.45) is 12.5 Å². The molecule has 138 valence electrons. The van der Waals surface area contributed by atoms with Gasteiger partial charge in [-0.1, -0.05) is 19.9 Å². The van der Waals surface area contributed by atoms with Crippen molar-refractivity contribution in [2.45, 2.75) is 26.7 Å². The van der Waals surface area contributed by atoms with Crippen LogP contribution in [0.1, 0.15) is 37.2 Å². The van der Waals surface area contributed by atoms with Gasteiger partial charge in [-0.25, -0.2) is 4.79 Å². The van der Waals surface area contributed by atoms with Gasteiger partial charge in [-0.05, 0) is 30.4 Å². The van der Waals surface area contributed by atoms with Crippen molar-refractivity contribution in [1.82, 2.24) is 19.7 Å². The topological polar surface area (TPSA) is 57.6 Å². The number of piperazine rings is 1. The maximum absolute atomic E-state index is 12.5. The summed E-state index contributed by atoms with van der Waals surface area (Å²) in [5, 5.41) is 3.03. The first-order valence-corrected chi connectivity index (χ1v) is 8.88. The van der Waals surface area contributed by atoms with Gasteiger partial charge in [0, 0.05) is 46.0 Å². The zero-order valence-corrected chi connectivity index (χ0v) is 15.6. The molecule has 0 radical (unpaired) electrons. The normalized spacial score (nSPS) is 15.2. The summed E-state index contributed by atoms with van der Waals surface area (Å²) < 4.78 is 1.83. The van der Waals surface area contributed by atoms with E-state index in [1.165, 1.54) is 0 Å². The minimum absolute atomic E-state index is 0.0260. The lowest BCUT2D eigenvalue weighted by atomic mass is 9.88. The third-order valence-electron chi connectivity index (χ3n) is 4.76. The highest BCUT2D eigenvalue weighted by Gasteiger charge is 2.26. The van der Waals surface area contributed by atoms with E-state index in [1.807, 2.05) is 40.9 Å². The summed E-state index contributed by atoms with van der Waals surface area (Å²) >= 11 is 0. The minimum Gasteiger partial charge on any atom is -0.347 e. The zero-order chi connectivity index (χ0) is 18.4. The molecule has 25 heavy (non-hydrogen) atoms. The smallest absolute Gasteiger partial charge is 0.317 e. The number of allylic oxidation sites excluding steroid dienone is 1. The first-order chi connectivity index (χ1) is 11.8. The number of rotatable bonds is 6. The second kappa shape index (κ2) is 8.23. The van der Waals surface area contributed by atoms with Gasteiger partial charge in [0.1, 0.15) is 5.69 Å². The number of carbonyl (C=O) groups excluding carboxylic acids is 2. The number of aromatic nitrogens is 1. The Kier molecular flexibility index (Phi) is 6.28. The van der Waals surface area contributed by atoms with Gasteiger partial charge in [0.25, 0.3) is 5.91 Å². The predicted octanol–water partition coefficient (Wildman–Crippen LogP) is 2.48. The molecule has 6 heteroatoms. The number of carbonyl (C=O) groups is 2. The lowest BCUT2D eigenvalue weighted by Crippen LogP contribution is -2.54. The lowest BCUT2D eigenvalue weighted by molar-refractivity contribution is 0.0654. The van der Waals surface area contributed by atoms with Crippen LogP contribution in [0.4, 0.5) is 4.79 Å². The number of amides is 3. The van der Waals surface area contributed by atoms with Crippen molar-refractivity contribution in [3.8, 4) is 0 Å². The Balaban J connectivity index is 1.79. The molecule has 1 N–H and O–H groups in total. The Morgan fingerprint density at radius 3 is 2.44 bits per heavy atom. The van der Waals surface area contributed by atoms with Gasteiger partial charge in [-0.3, -0.25) is 4.79 Å². The van der Waals surface area contributed by atoms with Crippen molar-refractivity contribution >= 4 is 11.9 Å². The molecule has 2 heterocycles. The third-order valence-corrected chi connectivity index (χ3v) is 4.76. The molecule has 1 saturated heterocycles. The summed E-state index contributed by atoms with van der Waals surface area (Å²) in [4.78, 5) is 28.5. The fourth-order valence-electron chi connectivity index (χ4n) is 2.97. The molecule has 1 fully saturated rings. The van der Waals surface area contributed by atoms with Gasteiger partial charge in [0.2, 0.25) is 0 Å². The van der Waals surface area contributed by atoms with E-state index in [9.17, 15) is 9.59 Å². The first kappa shape index (κ1) is 19.1. The molecule has 0 aromatic carbocycles. The molecule has 0 unspecified atom stereocenters. The Morgan fingerprint density at radius 2 is 1.88 bits per heavy atom. The second-order valence-corrected chi connectivity index (χ2v) is 7.43. The van der Waals surface area contributed by atoms with Crippen molar-refractivity contribution in [3.63, 3.8) is 0 Å². The van der Waals surface area contributed by atoms with Crippen LogP contribution in [0.5, 0.6) is 0 Å². The van der Waals surface area contributed by atoms with Gasteiger partial charge >= 0.3 is 6.03 Å². The number of nitrogens with one attached hydrogen (secondary N) is 1. The van der Waals surface area contributed by atoms with Crippen LogP contribution >= 0.6 is 0 Å². The monoisotopic (exact) mass is 346 g/mol. The molecular weight excluding hydrogens is 316 g/mol. The number of nitrogens with zero attached hydrogens (tertiary/aromatic N) is 3. The first-order valence-electron chi connectivity index (χ1n) is 8.88. The van der Waals surface area contributed by atoms with E-state index in [0.29, 0.717) is 38.4 Å². The van der Waals surface area contributed by atoms with E-state index in [-0.39, 0.29) is 17.4 Å². The summed E-state index contributed by atoms with van der Waals surface area (Å²) in [5.41, 5.74) is 0.732. The number of hydrogen-bond acceptors (Lipinski definition) is 2. The Hall–Kier alpha value is -2.24. The molecule has 1 aliphatic heterocycles. The highest BCUT2D eigenvalue weighted by Crippen LogP contribution is 2.21. The average molecular weight is 346 g/mol. The molecule has 0 spiro atoms. The summed E-state index contributed by atoms with van der Waals surface area (Å²) in [7, 11) is 1.87. The Morgan fingerprint density at radius 1 is 1.24 bits per heavy atom. The molecule has 1 aliphatic rings. The molecule has 3 amide bonds. The van der Waals surface area contributed by atoms with E-state index in [1.54, 1.807) is 4.90 Å². The van der Waals surface area contributed by atoms with E-state index >= 15 is 0 Å². The molecule has 2 rings (SSSR count). The van der Waals surface area contributed by atoms with Gasteiger partial charge in [0.15, 0.2) is 0 Å². The summed E-state index contributed by atoms with van der Waals surface area (Å²) in [6.07, 6.45) is 5.72. The van der Waals surface area contributed by atoms with Gasteiger partial charge < -0.3 is 19.7 Å². The van der Waals surface area contributed by atoms with E-state index in [2.05, 4.69) is 25.7 Å². The molecular formula is C19H30N4O2. The molecule has 0 saturated carbocycles. The lowest BCUT2D eigenvalue weighted by Gasteiger charge is -2.35. The van der Waals surface area contributed by atoms with Crippen LogP contribution in [-0.4, -0.2) is 59.0 Å². The molecule has 1 aromatic heterocycles. The van der Waals surface area contributed by atoms with Crippen LogP contribution in [0.3, 0.4) is 0 Å². The maximum atomic E-state index is 12.5. The fraction of sp³-hybridized carbons (Fsp3) is 0.579. The van der Waals surface area contributed by atoms with E-state index in [4.69, 9.17) is 0 Å². The van der Waals surface area contributed by atoms with Crippen molar-refractivity contribution in [3.05, 3.63) is 36.7 Å². The van der Waals surface area contributed by atoms with Crippen LogP contribution in [0, 0.1) is 5.41 Å². The summed E-state index contributed by atoms with van der Waals surface area (Å²) in [6, 6.07) is 3.65.